The Labute approximate surface area is 164 Å². The van der Waals surface area contributed by atoms with Crippen molar-refractivity contribution in [3.05, 3.63) is 89.5 Å². The van der Waals surface area contributed by atoms with E-state index in [9.17, 15) is 9.90 Å². The van der Waals surface area contributed by atoms with Gasteiger partial charge < -0.3 is 5.11 Å². The van der Waals surface area contributed by atoms with Crippen molar-refractivity contribution < 1.29 is 9.90 Å². The summed E-state index contributed by atoms with van der Waals surface area (Å²) < 4.78 is 0. The van der Waals surface area contributed by atoms with Crippen molar-refractivity contribution in [2.45, 2.75) is 20.3 Å². The second kappa shape index (κ2) is 7.28. The van der Waals surface area contributed by atoms with Gasteiger partial charge in [-0.2, -0.15) is 0 Å². The van der Waals surface area contributed by atoms with Crippen LogP contribution in [0.3, 0.4) is 0 Å². The van der Waals surface area contributed by atoms with Crippen LogP contribution >= 0.6 is 0 Å². The zero-order chi connectivity index (χ0) is 19.7. The zero-order valence-corrected chi connectivity index (χ0v) is 15.9. The van der Waals surface area contributed by atoms with Gasteiger partial charge in [0.25, 0.3) is 0 Å². The predicted octanol–water partition coefficient (Wildman–Crippen LogP) is 6.14. The number of benzene rings is 3. The predicted molar refractivity (Wildman–Crippen MR) is 114 cm³/mol. The molecule has 3 nitrogen and oxygen atoms in total. The molecule has 0 saturated heterocycles. The largest absolute Gasteiger partial charge is 0.478 e. The number of hydrogen-bond acceptors (Lipinski definition) is 2. The van der Waals surface area contributed by atoms with E-state index in [1.54, 1.807) is 0 Å². The maximum atomic E-state index is 11.9. The molecule has 3 heteroatoms. The van der Waals surface area contributed by atoms with E-state index in [-0.39, 0.29) is 0 Å². The van der Waals surface area contributed by atoms with E-state index in [0.717, 1.165) is 23.1 Å². The van der Waals surface area contributed by atoms with Crippen LogP contribution in [0.25, 0.3) is 33.3 Å². The highest BCUT2D eigenvalue weighted by Crippen LogP contribution is 2.31. The lowest BCUT2D eigenvalue weighted by atomic mass is 9.96. The Morgan fingerprint density at radius 2 is 1.43 bits per heavy atom. The van der Waals surface area contributed by atoms with Gasteiger partial charge in [-0.15, -0.1) is 0 Å². The van der Waals surface area contributed by atoms with Crippen LogP contribution in [0.5, 0.6) is 0 Å². The van der Waals surface area contributed by atoms with Gasteiger partial charge in [0.05, 0.1) is 16.8 Å². The van der Waals surface area contributed by atoms with Crippen LogP contribution in [-0.4, -0.2) is 16.1 Å². The molecule has 1 aromatic heterocycles. The fourth-order valence-electron chi connectivity index (χ4n) is 3.62. The van der Waals surface area contributed by atoms with Crippen molar-refractivity contribution in [1.29, 1.82) is 0 Å². The fourth-order valence-corrected chi connectivity index (χ4v) is 3.62. The summed E-state index contributed by atoms with van der Waals surface area (Å²) in [5, 5.41) is 10.4. The van der Waals surface area contributed by atoms with Crippen LogP contribution in [-0.2, 0) is 6.42 Å². The molecule has 0 bridgehead atoms. The van der Waals surface area contributed by atoms with Gasteiger partial charge in [-0.25, -0.2) is 9.78 Å². The monoisotopic (exact) mass is 367 g/mol. The second-order valence-electron chi connectivity index (χ2n) is 6.91. The highest BCUT2D eigenvalue weighted by molar-refractivity contribution is 6.05. The van der Waals surface area contributed by atoms with Gasteiger partial charge in [-0.05, 0) is 41.7 Å². The van der Waals surface area contributed by atoms with Crippen LogP contribution in [0.15, 0.2) is 72.8 Å². The van der Waals surface area contributed by atoms with Crippen molar-refractivity contribution in [3.63, 3.8) is 0 Å². The van der Waals surface area contributed by atoms with Crippen molar-refractivity contribution in [1.82, 2.24) is 4.98 Å². The van der Waals surface area contributed by atoms with Gasteiger partial charge in [-0.3, -0.25) is 0 Å². The topological polar surface area (TPSA) is 50.2 Å². The molecule has 3 aromatic carbocycles. The Bertz CT molecular complexity index is 1160. The van der Waals surface area contributed by atoms with Crippen LogP contribution in [0.4, 0.5) is 0 Å². The number of fused-ring (bicyclic) bond motifs is 1. The summed E-state index contributed by atoms with van der Waals surface area (Å²) >= 11 is 0. The van der Waals surface area contributed by atoms with Crippen LogP contribution in [0.2, 0.25) is 0 Å². The zero-order valence-electron chi connectivity index (χ0n) is 15.9. The van der Waals surface area contributed by atoms with Gasteiger partial charge >= 0.3 is 5.97 Å². The van der Waals surface area contributed by atoms with Crippen LogP contribution in [0.1, 0.15) is 28.4 Å². The number of rotatable bonds is 4. The summed E-state index contributed by atoms with van der Waals surface area (Å²) in [4.78, 5) is 16.6. The van der Waals surface area contributed by atoms with Gasteiger partial charge in [0.2, 0.25) is 0 Å². The van der Waals surface area contributed by atoms with E-state index in [1.165, 1.54) is 5.56 Å². The molecule has 0 fully saturated rings. The number of aromatic nitrogens is 1. The number of aromatic carboxylic acids is 1. The molecule has 138 valence electrons. The molecule has 0 unspecified atom stereocenters. The molecule has 0 amide bonds. The highest BCUT2D eigenvalue weighted by atomic mass is 16.4. The Morgan fingerprint density at radius 1 is 0.857 bits per heavy atom. The second-order valence-corrected chi connectivity index (χ2v) is 6.91. The fraction of sp³-hybridized carbons (Fsp3) is 0.120. The molecular formula is C25H21NO2. The number of hydrogen-bond donors (Lipinski definition) is 1. The minimum absolute atomic E-state index is 0.319. The lowest BCUT2D eigenvalue weighted by Gasteiger charge is -2.12. The molecule has 0 radical (unpaired) electrons. The lowest BCUT2D eigenvalue weighted by molar-refractivity contribution is 0.0698. The number of carboxylic acid groups (broad SMARTS) is 1. The molecule has 0 saturated carbocycles. The van der Waals surface area contributed by atoms with E-state index in [4.69, 9.17) is 4.98 Å². The highest BCUT2D eigenvalue weighted by Gasteiger charge is 2.18. The number of para-hydroxylation sites is 1. The molecule has 0 aliphatic heterocycles. The van der Waals surface area contributed by atoms with Gasteiger partial charge in [-0.1, -0.05) is 73.7 Å². The third kappa shape index (κ3) is 3.16. The quantitative estimate of drug-likeness (QED) is 0.471. The Morgan fingerprint density at radius 3 is 2.04 bits per heavy atom. The third-order valence-corrected chi connectivity index (χ3v) is 5.20. The lowest BCUT2D eigenvalue weighted by Crippen LogP contribution is -2.04. The normalized spacial score (nSPS) is 10.9. The van der Waals surface area contributed by atoms with Crippen molar-refractivity contribution >= 4 is 16.9 Å². The molecule has 1 N–H and O–H groups in total. The van der Waals surface area contributed by atoms with E-state index in [2.05, 4.69) is 43.3 Å². The molecule has 0 spiro atoms. The smallest absolute Gasteiger partial charge is 0.336 e. The first kappa shape index (κ1) is 17.9. The van der Waals surface area contributed by atoms with Gasteiger partial charge in [0, 0.05) is 10.9 Å². The summed E-state index contributed by atoms with van der Waals surface area (Å²) in [5.41, 5.74) is 6.94. The molecule has 0 aliphatic rings. The summed E-state index contributed by atoms with van der Waals surface area (Å²) in [7, 11) is 0. The average Bonchev–Trinajstić information content (AvgIpc) is 2.73. The van der Waals surface area contributed by atoms with Crippen molar-refractivity contribution in [2.24, 2.45) is 0 Å². The Hall–Kier alpha value is -3.46. The van der Waals surface area contributed by atoms with Gasteiger partial charge in [0.1, 0.15) is 0 Å². The minimum atomic E-state index is -0.926. The first-order valence-corrected chi connectivity index (χ1v) is 9.41. The van der Waals surface area contributed by atoms with Crippen LogP contribution in [0, 0.1) is 6.92 Å². The molecule has 4 rings (SSSR count). The van der Waals surface area contributed by atoms with Gasteiger partial charge in [0.15, 0.2) is 0 Å². The standard InChI is InChI=1S/C25H21NO2/c1-3-17-8-10-18(11-9-17)19-12-14-20(15-13-19)24-16(2)23(25(27)28)21-6-4-5-7-22(21)26-24/h4-15H,3H2,1-2H3,(H,27,28). The van der Waals surface area contributed by atoms with Crippen molar-refractivity contribution in [2.75, 3.05) is 0 Å². The van der Waals surface area contributed by atoms with E-state index < -0.39 is 5.97 Å². The Kier molecular flexibility index (Phi) is 4.66. The molecule has 4 aromatic rings. The third-order valence-electron chi connectivity index (χ3n) is 5.20. The first-order chi connectivity index (χ1) is 13.6. The number of aryl methyl sites for hydroxylation is 1. The summed E-state index contributed by atoms with van der Waals surface area (Å²) in [6.45, 7) is 3.98. The average molecular weight is 367 g/mol. The molecular weight excluding hydrogens is 346 g/mol. The number of carbonyl (C=O) groups is 1. The summed E-state index contributed by atoms with van der Waals surface area (Å²) in [5.74, 6) is -0.926. The Balaban J connectivity index is 1.79. The number of pyridine rings is 1. The molecule has 0 atom stereocenters. The first-order valence-electron chi connectivity index (χ1n) is 9.41. The molecule has 28 heavy (non-hydrogen) atoms. The minimum Gasteiger partial charge on any atom is -0.478 e. The SMILES string of the molecule is CCc1ccc(-c2ccc(-c3nc4ccccc4c(C(=O)O)c3C)cc2)cc1. The maximum Gasteiger partial charge on any atom is 0.336 e. The van der Waals surface area contributed by atoms with Crippen molar-refractivity contribution in [3.8, 4) is 22.4 Å². The number of carboxylic acids is 1. The summed E-state index contributed by atoms with van der Waals surface area (Å²) in [6.07, 6.45) is 1.03. The van der Waals surface area contributed by atoms with E-state index in [1.807, 2.05) is 43.3 Å². The molecule has 0 aliphatic carbocycles. The molecule has 1 heterocycles. The maximum absolute atomic E-state index is 11.9. The van der Waals surface area contributed by atoms with Crippen LogP contribution < -0.4 is 0 Å². The van der Waals surface area contributed by atoms with E-state index >= 15 is 0 Å². The number of nitrogens with zero attached hydrogens (tertiary/aromatic N) is 1. The summed E-state index contributed by atoms with van der Waals surface area (Å²) in [6, 6.07) is 24.1. The van der Waals surface area contributed by atoms with E-state index in [0.29, 0.717) is 27.7 Å².